The molecule has 4 rings (SSSR count). The number of aromatic nitrogens is 4. The van der Waals surface area contributed by atoms with E-state index >= 15 is 0 Å². The molecule has 3 heterocycles. The Bertz CT molecular complexity index is 1070. The molecule has 0 atom stereocenters. The predicted octanol–water partition coefficient (Wildman–Crippen LogP) is 2.22. The highest BCUT2D eigenvalue weighted by molar-refractivity contribution is 5.90. The Morgan fingerprint density at radius 2 is 1.87 bits per heavy atom. The molecule has 23 heavy (non-hydrogen) atoms. The molecule has 0 aliphatic carbocycles. The minimum Gasteiger partial charge on any atom is -0.477 e. The summed E-state index contributed by atoms with van der Waals surface area (Å²) in [5.41, 5.74) is 8.20. The molecule has 3 N–H and O–H groups in total. The van der Waals surface area contributed by atoms with Crippen molar-refractivity contribution in [2.24, 2.45) is 0 Å². The molecule has 7 nitrogen and oxygen atoms in total. The lowest BCUT2D eigenvalue weighted by Gasteiger charge is -2.06. The van der Waals surface area contributed by atoms with Gasteiger partial charge in [-0.25, -0.2) is 14.3 Å². The van der Waals surface area contributed by atoms with Crippen molar-refractivity contribution >= 4 is 28.5 Å². The number of carboxylic acids is 1. The fourth-order valence-electron chi connectivity index (χ4n) is 2.56. The third kappa shape index (κ3) is 2.06. The molecule has 0 bridgehead atoms. The predicted molar refractivity (Wildman–Crippen MR) is 85.1 cm³/mol. The maximum atomic E-state index is 11.3. The van der Waals surface area contributed by atoms with Crippen molar-refractivity contribution in [1.82, 2.24) is 19.6 Å². The van der Waals surface area contributed by atoms with E-state index in [1.807, 2.05) is 36.4 Å². The average Bonchev–Trinajstić information content (AvgIpc) is 2.94. The molecule has 7 heteroatoms. The highest BCUT2D eigenvalue weighted by Gasteiger charge is 2.16. The minimum atomic E-state index is -1.10. The third-order valence-corrected chi connectivity index (χ3v) is 3.59. The largest absolute Gasteiger partial charge is 0.477 e. The number of hydrogen-bond donors (Lipinski definition) is 2. The summed E-state index contributed by atoms with van der Waals surface area (Å²) in [6, 6.07) is 14.7. The molecular formula is C16H11N5O2. The van der Waals surface area contributed by atoms with Crippen LogP contribution in [0.3, 0.4) is 0 Å². The van der Waals surface area contributed by atoms with Crippen LogP contribution in [0.15, 0.2) is 48.5 Å². The van der Waals surface area contributed by atoms with Crippen LogP contribution in [0, 0.1) is 0 Å². The number of hydrogen-bond acceptors (Lipinski definition) is 5. The molecule has 0 aliphatic rings. The molecule has 0 spiro atoms. The quantitative estimate of drug-likeness (QED) is 0.588. The number of carbonyl (C=O) groups is 1. The standard InChI is InChI=1S/C16H11N5O2/c17-16-19-14-10(6-8-13(15(22)23)21(14)20-16)12-7-5-9-3-1-2-4-11(9)18-12/h1-8H,(H2,17,20)(H,22,23). The Balaban J connectivity index is 2.00. The Hall–Kier alpha value is -3.48. The second kappa shape index (κ2) is 4.77. The van der Waals surface area contributed by atoms with Crippen molar-refractivity contribution in [3.05, 3.63) is 54.2 Å². The lowest BCUT2D eigenvalue weighted by atomic mass is 10.1. The summed E-state index contributed by atoms with van der Waals surface area (Å²) in [6.07, 6.45) is 0. The van der Waals surface area contributed by atoms with Crippen LogP contribution < -0.4 is 5.73 Å². The first-order valence-electron chi connectivity index (χ1n) is 6.88. The third-order valence-electron chi connectivity index (χ3n) is 3.59. The van der Waals surface area contributed by atoms with Crippen LogP contribution in [-0.4, -0.2) is 30.7 Å². The van der Waals surface area contributed by atoms with Gasteiger partial charge in [0, 0.05) is 10.9 Å². The fraction of sp³-hybridized carbons (Fsp3) is 0. The van der Waals surface area contributed by atoms with Crippen LogP contribution in [0.5, 0.6) is 0 Å². The molecular weight excluding hydrogens is 294 g/mol. The maximum Gasteiger partial charge on any atom is 0.354 e. The van der Waals surface area contributed by atoms with Gasteiger partial charge in [0.1, 0.15) is 0 Å². The highest BCUT2D eigenvalue weighted by atomic mass is 16.4. The molecule has 112 valence electrons. The summed E-state index contributed by atoms with van der Waals surface area (Å²) < 4.78 is 1.23. The Kier molecular flexibility index (Phi) is 2.74. The first-order valence-corrected chi connectivity index (χ1v) is 6.88. The summed E-state index contributed by atoms with van der Waals surface area (Å²) in [5.74, 6) is -1.08. The van der Waals surface area contributed by atoms with Gasteiger partial charge in [-0.3, -0.25) is 0 Å². The zero-order valence-corrected chi connectivity index (χ0v) is 11.8. The van der Waals surface area contributed by atoms with E-state index in [0.717, 1.165) is 10.9 Å². The van der Waals surface area contributed by atoms with Gasteiger partial charge in [0.25, 0.3) is 0 Å². The molecule has 0 radical (unpaired) electrons. The van der Waals surface area contributed by atoms with Gasteiger partial charge in [-0.05, 0) is 24.3 Å². The maximum absolute atomic E-state index is 11.3. The molecule has 0 amide bonds. The minimum absolute atomic E-state index is 0.00580. The Morgan fingerprint density at radius 3 is 2.70 bits per heavy atom. The molecule has 1 aromatic carbocycles. The van der Waals surface area contributed by atoms with E-state index in [9.17, 15) is 9.90 Å². The van der Waals surface area contributed by atoms with E-state index < -0.39 is 5.97 Å². The van der Waals surface area contributed by atoms with Crippen LogP contribution in [-0.2, 0) is 0 Å². The van der Waals surface area contributed by atoms with E-state index in [4.69, 9.17) is 5.73 Å². The number of fused-ring (bicyclic) bond motifs is 2. The van der Waals surface area contributed by atoms with Gasteiger partial charge in [-0.2, -0.15) is 4.98 Å². The summed E-state index contributed by atoms with van der Waals surface area (Å²) in [5, 5.41) is 14.2. The number of rotatable bonds is 2. The number of benzene rings is 1. The molecule has 3 aromatic heterocycles. The van der Waals surface area contributed by atoms with Gasteiger partial charge in [-0.1, -0.05) is 24.3 Å². The number of nitrogens with two attached hydrogens (primary N) is 1. The van der Waals surface area contributed by atoms with Crippen molar-refractivity contribution in [1.29, 1.82) is 0 Å². The summed E-state index contributed by atoms with van der Waals surface area (Å²) in [4.78, 5) is 20.1. The van der Waals surface area contributed by atoms with Crippen LogP contribution in [0.1, 0.15) is 10.5 Å². The molecule has 0 saturated heterocycles. The van der Waals surface area contributed by atoms with Gasteiger partial charge in [0.2, 0.25) is 5.95 Å². The van der Waals surface area contributed by atoms with E-state index in [0.29, 0.717) is 16.9 Å². The van der Waals surface area contributed by atoms with Crippen molar-refractivity contribution in [2.45, 2.75) is 0 Å². The van der Waals surface area contributed by atoms with Gasteiger partial charge >= 0.3 is 5.97 Å². The van der Waals surface area contributed by atoms with E-state index in [1.54, 1.807) is 6.07 Å². The summed E-state index contributed by atoms with van der Waals surface area (Å²) >= 11 is 0. The normalized spacial score (nSPS) is 11.1. The number of nitrogens with zero attached hydrogens (tertiary/aromatic N) is 4. The zero-order valence-electron chi connectivity index (χ0n) is 11.8. The molecule has 0 saturated carbocycles. The van der Waals surface area contributed by atoms with Crippen LogP contribution in [0.25, 0.3) is 27.8 Å². The molecule has 0 fully saturated rings. The number of aromatic carboxylic acids is 1. The topological polar surface area (TPSA) is 106 Å². The van der Waals surface area contributed by atoms with Crippen LogP contribution in [0.2, 0.25) is 0 Å². The number of carboxylic acid groups (broad SMARTS) is 1. The molecule has 0 unspecified atom stereocenters. The van der Waals surface area contributed by atoms with Gasteiger partial charge < -0.3 is 10.8 Å². The van der Waals surface area contributed by atoms with Crippen molar-refractivity contribution < 1.29 is 9.90 Å². The molecule has 4 aromatic rings. The zero-order chi connectivity index (χ0) is 16.0. The monoisotopic (exact) mass is 305 g/mol. The number of anilines is 1. The van der Waals surface area contributed by atoms with E-state index in [-0.39, 0.29) is 11.6 Å². The first kappa shape index (κ1) is 13.2. The smallest absolute Gasteiger partial charge is 0.354 e. The van der Waals surface area contributed by atoms with E-state index in [1.165, 1.54) is 10.6 Å². The van der Waals surface area contributed by atoms with Crippen LogP contribution in [0.4, 0.5) is 5.95 Å². The van der Waals surface area contributed by atoms with Gasteiger partial charge in [-0.15, -0.1) is 5.10 Å². The highest BCUT2D eigenvalue weighted by Crippen LogP contribution is 2.25. The first-order chi connectivity index (χ1) is 11.1. The average molecular weight is 305 g/mol. The lowest BCUT2D eigenvalue weighted by Crippen LogP contribution is -2.07. The number of nitrogen functional groups attached to an aromatic ring is 1. The van der Waals surface area contributed by atoms with Gasteiger partial charge in [0.05, 0.1) is 11.2 Å². The van der Waals surface area contributed by atoms with Crippen molar-refractivity contribution in [2.75, 3.05) is 5.73 Å². The number of para-hydroxylation sites is 1. The van der Waals surface area contributed by atoms with Crippen LogP contribution >= 0.6 is 0 Å². The second-order valence-corrected chi connectivity index (χ2v) is 5.03. The second-order valence-electron chi connectivity index (χ2n) is 5.03. The summed E-state index contributed by atoms with van der Waals surface area (Å²) in [7, 11) is 0. The number of pyridine rings is 2. The fourth-order valence-corrected chi connectivity index (χ4v) is 2.56. The van der Waals surface area contributed by atoms with Crippen molar-refractivity contribution in [3.63, 3.8) is 0 Å². The summed E-state index contributed by atoms with van der Waals surface area (Å²) in [6.45, 7) is 0. The SMILES string of the molecule is Nc1nc2c(-c3ccc4ccccc4n3)ccc(C(=O)O)n2n1. The molecule has 0 aliphatic heterocycles. The van der Waals surface area contributed by atoms with Crippen molar-refractivity contribution in [3.8, 4) is 11.3 Å². The van der Waals surface area contributed by atoms with E-state index in [2.05, 4.69) is 15.1 Å². The Labute approximate surface area is 130 Å². The van der Waals surface area contributed by atoms with Gasteiger partial charge in [0.15, 0.2) is 11.3 Å². The lowest BCUT2D eigenvalue weighted by molar-refractivity contribution is 0.0687. The Morgan fingerprint density at radius 1 is 1.04 bits per heavy atom.